The van der Waals surface area contributed by atoms with Crippen molar-refractivity contribution >= 4 is 5.97 Å². The van der Waals surface area contributed by atoms with E-state index < -0.39 is 0 Å². The van der Waals surface area contributed by atoms with E-state index >= 15 is 0 Å². The van der Waals surface area contributed by atoms with Crippen molar-refractivity contribution in [1.82, 2.24) is 0 Å². The maximum absolute atomic E-state index is 10.7. The van der Waals surface area contributed by atoms with Crippen LogP contribution in [0.3, 0.4) is 0 Å². The molecule has 0 N–H and O–H groups in total. The van der Waals surface area contributed by atoms with E-state index in [1.165, 1.54) is 13.2 Å². The molecular weight excluding hydrogens is 152 g/mol. The Hall–Kier alpha value is -1.31. The molecule has 12 heavy (non-hydrogen) atoms. The van der Waals surface area contributed by atoms with Crippen LogP contribution in [0, 0.1) is 5.92 Å². The Morgan fingerprint density at radius 2 is 2.42 bits per heavy atom. The van der Waals surface area contributed by atoms with Gasteiger partial charge in [0.2, 0.25) is 0 Å². The summed E-state index contributed by atoms with van der Waals surface area (Å²) in [5.41, 5.74) is 0. The van der Waals surface area contributed by atoms with Crippen LogP contribution in [0.1, 0.15) is 6.42 Å². The molecule has 0 heterocycles. The fourth-order valence-corrected chi connectivity index (χ4v) is 1.01. The molecule has 0 aliphatic heterocycles. The van der Waals surface area contributed by atoms with Gasteiger partial charge in [0.15, 0.2) is 0 Å². The summed E-state index contributed by atoms with van der Waals surface area (Å²) >= 11 is 0. The zero-order valence-corrected chi connectivity index (χ0v) is 7.07. The first kappa shape index (κ1) is 8.78. The monoisotopic (exact) mass is 164 g/mol. The molecule has 0 spiro atoms. The average molecular weight is 164 g/mol. The normalized spacial score (nSPS) is 21.6. The van der Waals surface area contributed by atoms with Crippen molar-refractivity contribution in [3.8, 4) is 0 Å². The van der Waals surface area contributed by atoms with Crippen molar-refractivity contribution in [2.45, 2.75) is 6.42 Å². The topological polar surface area (TPSA) is 26.3 Å². The first-order valence-corrected chi connectivity index (χ1v) is 3.92. The highest BCUT2D eigenvalue weighted by Crippen LogP contribution is 2.12. The SMILES string of the molecule is COC(=O)C=CC1C=CC=CC1. The van der Waals surface area contributed by atoms with Gasteiger partial charge < -0.3 is 4.74 Å². The number of allylic oxidation sites excluding steroid dienone is 5. The van der Waals surface area contributed by atoms with Crippen LogP contribution in [0.4, 0.5) is 0 Å². The second-order valence-corrected chi connectivity index (χ2v) is 2.59. The molecule has 2 heteroatoms. The number of ether oxygens (including phenoxy) is 1. The summed E-state index contributed by atoms with van der Waals surface area (Å²) in [6.45, 7) is 0. The second-order valence-electron chi connectivity index (χ2n) is 2.59. The summed E-state index contributed by atoms with van der Waals surface area (Å²) in [5.74, 6) is 0.0482. The minimum atomic E-state index is -0.294. The Labute approximate surface area is 72.2 Å². The van der Waals surface area contributed by atoms with E-state index in [4.69, 9.17) is 0 Å². The number of hydrogen-bond donors (Lipinski definition) is 0. The van der Waals surface area contributed by atoms with Gasteiger partial charge in [-0.2, -0.15) is 0 Å². The lowest BCUT2D eigenvalue weighted by atomic mass is 10.0. The van der Waals surface area contributed by atoms with Crippen LogP contribution in [0.25, 0.3) is 0 Å². The number of carbonyl (C=O) groups excluding carboxylic acids is 1. The number of esters is 1. The van der Waals surface area contributed by atoms with Gasteiger partial charge in [-0.3, -0.25) is 0 Å². The summed E-state index contributed by atoms with van der Waals surface area (Å²) in [5, 5.41) is 0. The van der Waals surface area contributed by atoms with E-state index in [9.17, 15) is 4.79 Å². The van der Waals surface area contributed by atoms with Crippen LogP contribution in [-0.4, -0.2) is 13.1 Å². The van der Waals surface area contributed by atoms with Crippen LogP contribution in [0.2, 0.25) is 0 Å². The van der Waals surface area contributed by atoms with Gasteiger partial charge >= 0.3 is 5.97 Å². The molecule has 64 valence electrons. The highest BCUT2D eigenvalue weighted by Gasteiger charge is 2.00. The Kier molecular flexibility index (Phi) is 3.33. The standard InChI is InChI=1S/C10H12O2/c1-12-10(11)8-7-9-5-3-2-4-6-9/h2-5,7-9H,6H2,1H3. The summed E-state index contributed by atoms with van der Waals surface area (Å²) in [6, 6.07) is 0. The van der Waals surface area contributed by atoms with E-state index in [0.29, 0.717) is 5.92 Å². The van der Waals surface area contributed by atoms with Crippen molar-refractivity contribution in [2.75, 3.05) is 7.11 Å². The maximum atomic E-state index is 10.7. The Bertz CT molecular complexity index is 236. The van der Waals surface area contributed by atoms with Gasteiger partial charge in [-0.25, -0.2) is 4.79 Å². The Morgan fingerprint density at radius 1 is 1.58 bits per heavy atom. The van der Waals surface area contributed by atoms with Gasteiger partial charge in [0.1, 0.15) is 0 Å². The number of hydrogen-bond acceptors (Lipinski definition) is 2. The third kappa shape index (κ3) is 2.74. The lowest BCUT2D eigenvalue weighted by Crippen LogP contribution is -1.97. The Morgan fingerprint density at radius 3 is 3.00 bits per heavy atom. The van der Waals surface area contributed by atoms with E-state index in [2.05, 4.69) is 16.9 Å². The van der Waals surface area contributed by atoms with Gasteiger partial charge in [0, 0.05) is 6.08 Å². The minimum Gasteiger partial charge on any atom is -0.466 e. The van der Waals surface area contributed by atoms with E-state index in [-0.39, 0.29) is 5.97 Å². The van der Waals surface area contributed by atoms with Gasteiger partial charge in [-0.1, -0.05) is 30.4 Å². The molecule has 1 atom stereocenters. The molecule has 1 rings (SSSR count). The molecule has 0 radical (unpaired) electrons. The van der Waals surface area contributed by atoms with Crippen LogP contribution in [-0.2, 0) is 9.53 Å². The van der Waals surface area contributed by atoms with Gasteiger partial charge in [0.05, 0.1) is 7.11 Å². The molecule has 0 saturated heterocycles. The quantitative estimate of drug-likeness (QED) is 0.460. The first-order chi connectivity index (χ1) is 5.83. The zero-order chi connectivity index (χ0) is 8.81. The van der Waals surface area contributed by atoms with Crippen LogP contribution < -0.4 is 0 Å². The molecule has 0 fully saturated rings. The molecule has 1 unspecified atom stereocenters. The molecule has 0 bridgehead atoms. The smallest absolute Gasteiger partial charge is 0.330 e. The highest BCUT2D eigenvalue weighted by molar-refractivity contribution is 5.81. The van der Waals surface area contributed by atoms with E-state index in [1.54, 1.807) is 0 Å². The molecule has 1 aliphatic rings. The van der Waals surface area contributed by atoms with Gasteiger partial charge in [-0.05, 0) is 12.3 Å². The fourth-order valence-electron chi connectivity index (χ4n) is 1.01. The van der Waals surface area contributed by atoms with Crippen molar-refractivity contribution in [1.29, 1.82) is 0 Å². The highest BCUT2D eigenvalue weighted by atomic mass is 16.5. The molecule has 0 saturated carbocycles. The summed E-state index contributed by atoms with van der Waals surface area (Å²) in [4.78, 5) is 10.7. The first-order valence-electron chi connectivity index (χ1n) is 3.92. The third-order valence-electron chi connectivity index (χ3n) is 1.69. The summed E-state index contributed by atoms with van der Waals surface area (Å²) in [6.07, 6.45) is 12.4. The largest absolute Gasteiger partial charge is 0.466 e. The maximum Gasteiger partial charge on any atom is 0.330 e. The fraction of sp³-hybridized carbons (Fsp3) is 0.300. The molecule has 0 aromatic heterocycles. The van der Waals surface area contributed by atoms with Crippen LogP contribution >= 0.6 is 0 Å². The van der Waals surface area contributed by atoms with Crippen molar-refractivity contribution in [3.05, 3.63) is 36.5 Å². The van der Waals surface area contributed by atoms with Gasteiger partial charge in [-0.15, -0.1) is 0 Å². The van der Waals surface area contributed by atoms with E-state index in [1.807, 2.05) is 18.2 Å². The average Bonchev–Trinajstić information content (AvgIpc) is 2.16. The van der Waals surface area contributed by atoms with Crippen molar-refractivity contribution in [2.24, 2.45) is 5.92 Å². The lowest BCUT2D eigenvalue weighted by molar-refractivity contribution is -0.134. The molecule has 2 nitrogen and oxygen atoms in total. The Balaban J connectivity index is 2.41. The van der Waals surface area contributed by atoms with Crippen molar-refractivity contribution < 1.29 is 9.53 Å². The molecule has 1 aliphatic carbocycles. The lowest BCUT2D eigenvalue weighted by Gasteiger charge is -2.05. The predicted octanol–water partition coefficient (Wildman–Crippen LogP) is 1.85. The number of rotatable bonds is 2. The summed E-state index contributed by atoms with van der Waals surface area (Å²) < 4.78 is 4.47. The van der Waals surface area contributed by atoms with Crippen molar-refractivity contribution in [3.63, 3.8) is 0 Å². The predicted molar refractivity (Wildman–Crippen MR) is 47.5 cm³/mol. The van der Waals surface area contributed by atoms with Gasteiger partial charge in [0.25, 0.3) is 0 Å². The van der Waals surface area contributed by atoms with E-state index in [0.717, 1.165) is 6.42 Å². The number of methoxy groups -OCH3 is 1. The molecule has 0 aromatic rings. The van der Waals surface area contributed by atoms with Crippen LogP contribution in [0.5, 0.6) is 0 Å². The minimum absolute atomic E-state index is 0.294. The second kappa shape index (κ2) is 4.54. The molecule has 0 amide bonds. The third-order valence-corrected chi connectivity index (χ3v) is 1.69. The molecule has 0 aromatic carbocycles. The zero-order valence-electron chi connectivity index (χ0n) is 7.07. The molecular formula is C10H12O2. The van der Waals surface area contributed by atoms with Crippen LogP contribution in [0.15, 0.2) is 36.5 Å². The number of carbonyl (C=O) groups is 1. The summed E-state index contributed by atoms with van der Waals surface area (Å²) in [7, 11) is 1.38.